The first-order valence-electron chi connectivity index (χ1n) is 12.7. The van der Waals surface area contributed by atoms with Crippen molar-refractivity contribution in [1.82, 2.24) is 14.1 Å². The van der Waals surface area contributed by atoms with Crippen LogP contribution in [0.3, 0.4) is 0 Å². The van der Waals surface area contributed by atoms with Crippen molar-refractivity contribution in [2.24, 2.45) is 11.8 Å². The lowest BCUT2D eigenvalue weighted by Crippen LogP contribution is -2.37. The Bertz CT molecular complexity index is 757. The molecule has 33 heavy (non-hydrogen) atoms. The number of aryl methyl sites for hydroxylation is 1. The lowest BCUT2D eigenvalue weighted by atomic mass is 10.00. The number of rotatable bonds is 16. The molecule has 0 amide bonds. The molecule has 0 saturated carbocycles. The van der Waals surface area contributed by atoms with E-state index in [2.05, 4.69) is 112 Å². The Labute approximate surface area is 208 Å². The van der Waals surface area contributed by atoms with Gasteiger partial charge >= 0.3 is 0 Å². The topological polar surface area (TPSA) is 9.49 Å². The van der Waals surface area contributed by atoms with Crippen LogP contribution in [0.1, 0.15) is 52.5 Å². The van der Waals surface area contributed by atoms with Gasteiger partial charge in [0, 0.05) is 35.8 Å². The van der Waals surface area contributed by atoms with Crippen molar-refractivity contribution in [2.75, 3.05) is 26.7 Å². The second-order valence-electron chi connectivity index (χ2n) is 9.83. The second-order valence-corrected chi connectivity index (χ2v) is 10.9. The predicted octanol–water partition coefficient (Wildman–Crippen LogP) is 7.03. The zero-order valence-corrected chi connectivity index (χ0v) is 22.8. The van der Waals surface area contributed by atoms with Crippen molar-refractivity contribution in [1.29, 1.82) is 0 Å². The number of nitrogens with zero attached hydrogens (tertiary/aromatic N) is 3. The van der Waals surface area contributed by atoms with Crippen LogP contribution in [0.25, 0.3) is 0 Å². The van der Waals surface area contributed by atoms with Crippen LogP contribution in [-0.2, 0) is 0 Å². The largest absolute Gasteiger partial charge is 0.374 e. The Balaban J connectivity index is 1.98. The van der Waals surface area contributed by atoms with E-state index >= 15 is 0 Å². The Kier molecular flexibility index (Phi) is 11.3. The first-order valence-corrected chi connectivity index (χ1v) is 13.5. The van der Waals surface area contributed by atoms with Crippen LogP contribution in [0.5, 0.6) is 0 Å². The van der Waals surface area contributed by atoms with E-state index in [1.54, 1.807) is 0 Å². The molecule has 1 aromatic carbocycles. The first-order chi connectivity index (χ1) is 15.8. The molecule has 0 N–H and O–H groups in total. The molecule has 0 spiro atoms. The zero-order chi connectivity index (χ0) is 24.5. The summed E-state index contributed by atoms with van der Waals surface area (Å²) in [5.41, 5.74) is 2.57. The Morgan fingerprint density at radius 1 is 1.15 bits per heavy atom. The molecule has 1 heterocycles. The molecule has 2 rings (SSSR count). The Morgan fingerprint density at radius 2 is 1.82 bits per heavy atom. The van der Waals surface area contributed by atoms with Gasteiger partial charge in [-0.3, -0.25) is 4.90 Å². The summed E-state index contributed by atoms with van der Waals surface area (Å²) in [6.07, 6.45) is 7.74. The third kappa shape index (κ3) is 7.77. The van der Waals surface area contributed by atoms with Crippen molar-refractivity contribution in [3.05, 3.63) is 67.4 Å². The SMILES string of the molecule is C=CC(CCN(C)C(C=C)C(C)C)CN(CC)C(=C)C1C(CCC)N1Sc1ccc(C)cc1. The van der Waals surface area contributed by atoms with E-state index in [1.807, 2.05) is 11.9 Å². The summed E-state index contributed by atoms with van der Waals surface area (Å²) in [4.78, 5) is 6.23. The highest BCUT2D eigenvalue weighted by Crippen LogP contribution is 2.46. The van der Waals surface area contributed by atoms with E-state index < -0.39 is 0 Å². The van der Waals surface area contributed by atoms with Gasteiger partial charge in [-0.1, -0.05) is 63.6 Å². The van der Waals surface area contributed by atoms with Crippen LogP contribution in [0.2, 0.25) is 0 Å². The Morgan fingerprint density at radius 3 is 2.33 bits per heavy atom. The smallest absolute Gasteiger partial charge is 0.0766 e. The monoisotopic (exact) mass is 469 g/mol. The lowest BCUT2D eigenvalue weighted by Gasteiger charge is -2.32. The Hall–Kier alpha value is -1.49. The molecule has 1 fully saturated rings. The average Bonchev–Trinajstić information content (AvgIpc) is 3.47. The van der Waals surface area contributed by atoms with E-state index in [0.29, 0.717) is 30.0 Å². The molecular weight excluding hydrogens is 422 g/mol. The minimum absolute atomic E-state index is 0.418. The molecular formula is C29H47N3S. The van der Waals surface area contributed by atoms with Crippen LogP contribution in [0.4, 0.5) is 0 Å². The second kappa shape index (κ2) is 13.4. The molecule has 4 heteroatoms. The molecule has 1 aliphatic heterocycles. The van der Waals surface area contributed by atoms with Crippen molar-refractivity contribution in [2.45, 2.75) is 76.9 Å². The fourth-order valence-electron chi connectivity index (χ4n) is 4.74. The minimum Gasteiger partial charge on any atom is -0.374 e. The van der Waals surface area contributed by atoms with Gasteiger partial charge in [0.05, 0.1) is 6.04 Å². The lowest BCUT2D eigenvalue weighted by molar-refractivity contribution is 0.212. The summed E-state index contributed by atoms with van der Waals surface area (Å²) in [5, 5.41) is 0. The van der Waals surface area contributed by atoms with Gasteiger partial charge in [-0.15, -0.1) is 13.2 Å². The van der Waals surface area contributed by atoms with Crippen LogP contribution in [0, 0.1) is 18.8 Å². The highest BCUT2D eigenvalue weighted by Gasteiger charge is 2.50. The van der Waals surface area contributed by atoms with Gasteiger partial charge in [0.15, 0.2) is 0 Å². The van der Waals surface area contributed by atoms with Crippen LogP contribution in [0.15, 0.2) is 66.7 Å². The van der Waals surface area contributed by atoms with Crippen molar-refractivity contribution in [3.63, 3.8) is 0 Å². The standard InChI is InChI=1S/C29H47N3S/c1-10-14-28-29(32(28)33-26-17-15-23(7)16-18-26)24(8)31(13-4)21-25(11-2)19-20-30(9)27(12-3)22(5)6/h11-12,15-18,22,25,27-29H,2-3,8,10,13-14,19-21H2,1,4-7,9H3. The number of benzene rings is 1. The van der Waals surface area contributed by atoms with E-state index in [0.717, 1.165) is 26.1 Å². The summed E-state index contributed by atoms with van der Waals surface area (Å²) in [6, 6.07) is 10.3. The third-order valence-electron chi connectivity index (χ3n) is 6.90. The summed E-state index contributed by atoms with van der Waals surface area (Å²) in [6.45, 7) is 27.0. The van der Waals surface area contributed by atoms with E-state index in [-0.39, 0.29) is 0 Å². The van der Waals surface area contributed by atoms with Gasteiger partial charge in [-0.2, -0.15) is 0 Å². The molecule has 1 aliphatic rings. The van der Waals surface area contributed by atoms with Gasteiger partial charge < -0.3 is 4.90 Å². The molecule has 1 aromatic rings. The molecule has 184 valence electrons. The van der Waals surface area contributed by atoms with Gasteiger partial charge in [-0.25, -0.2) is 4.31 Å². The highest BCUT2D eigenvalue weighted by atomic mass is 32.2. The van der Waals surface area contributed by atoms with E-state index in [4.69, 9.17) is 0 Å². The molecule has 1 saturated heterocycles. The zero-order valence-electron chi connectivity index (χ0n) is 22.0. The fourth-order valence-corrected chi connectivity index (χ4v) is 5.91. The maximum Gasteiger partial charge on any atom is 0.0766 e. The summed E-state index contributed by atoms with van der Waals surface area (Å²) in [5.74, 6) is 1.02. The number of hydrogen-bond donors (Lipinski definition) is 0. The summed E-state index contributed by atoms with van der Waals surface area (Å²) >= 11 is 1.89. The van der Waals surface area contributed by atoms with Crippen molar-refractivity contribution in [3.8, 4) is 0 Å². The van der Waals surface area contributed by atoms with Gasteiger partial charge in [0.2, 0.25) is 0 Å². The predicted molar refractivity (Wildman–Crippen MR) is 148 cm³/mol. The minimum atomic E-state index is 0.418. The molecule has 0 bridgehead atoms. The highest BCUT2D eigenvalue weighted by molar-refractivity contribution is 7.97. The molecule has 5 atom stereocenters. The number of hydrogen-bond acceptors (Lipinski definition) is 4. The number of likely N-dealkylation sites (N-methyl/N-ethyl adjacent to an activating group) is 2. The maximum absolute atomic E-state index is 4.59. The van der Waals surface area contributed by atoms with Gasteiger partial charge in [0.1, 0.15) is 0 Å². The van der Waals surface area contributed by atoms with E-state index in [1.165, 1.54) is 29.0 Å². The molecule has 0 aromatic heterocycles. The van der Waals surface area contributed by atoms with Crippen molar-refractivity contribution >= 4 is 11.9 Å². The van der Waals surface area contributed by atoms with Crippen molar-refractivity contribution < 1.29 is 0 Å². The molecule has 0 aliphatic carbocycles. The average molecular weight is 470 g/mol. The van der Waals surface area contributed by atoms with Crippen LogP contribution < -0.4 is 0 Å². The first kappa shape index (κ1) is 27.8. The molecule has 5 unspecified atom stereocenters. The third-order valence-corrected chi connectivity index (χ3v) is 8.09. The summed E-state index contributed by atoms with van der Waals surface area (Å²) < 4.78 is 2.55. The molecule has 3 nitrogen and oxygen atoms in total. The quantitative estimate of drug-likeness (QED) is 0.146. The van der Waals surface area contributed by atoms with Gasteiger partial charge in [0.25, 0.3) is 0 Å². The maximum atomic E-state index is 4.59. The van der Waals surface area contributed by atoms with Crippen LogP contribution in [-0.4, -0.2) is 58.9 Å². The molecule has 0 radical (unpaired) electrons. The normalized spacial score (nSPS) is 21.6. The van der Waals surface area contributed by atoms with E-state index in [9.17, 15) is 0 Å². The fraction of sp³-hybridized carbons (Fsp3) is 0.586. The summed E-state index contributed by atoms with van der Waals surface area (Å²) in [7, 11) is 2.21. The van der Waals surface area contributed by atoms with Crippen LogP contribution >= 0.6 is 11.9 Å². The van der Waals surface area contributed by atoms with Gasteiger partial charge in [-0.05, 0) is 76.2 Å².